The molecule has 0 aromatic heterocycles. The first kappa shape index (κ1) is 13.5. The molecular weight excluding hydrogens is 228 g/mol. The van der Waals surface area contributed by atoms with Gasteiger partial charge >= 0.3 is 0 Å². The summed E-state index contributed by atoms with van der Waals surface area (Å²) in [6, 6.07) is -0.126. The normalized spacial score (nSPS) is 28.5. The van der Waals surface area contributed by atoms with E-state index in [-0.39, 0.29) is 30.5 Å². The van der Waals surface area contributed by atoms with E-state index in [1.165, 1.54) is 0 Å². The van der Waals surface area contributed by atoms with Crippen molar-refractivity contribution in [3.63, 3.8) is 0 Å². The highest BCUT2D eigenvalue weighted by atomic mass is 35.5. The zero-order valence-electron chi connectivity index (χ0n) is 9.45. The summed E-state index contributed by atoms with van der Waals surface area (Å²) >= 11 is 5.69. The van der Waals surface area contributed by atoms with Crippen LogP contribution in [0.2, 0.25) is 0 Å². The van der Waals surface area contributed by atoms with Gasteiger partial charge in [-0.05, 0) is 19.8 Å². The molecule has 0 radical (unpaired) electrons. The maximum atomic E-state index is 11.9. The molecule has 0 saturated heterocycles. The molecule has 0 aliphatic heterocycles. The van der Waals surface area contributed by atoms with Gasteiger partial charge in [-0.15, -0.1) is 11.6 Å². The Kier molecular flexibility index (Phi) is 4.77. The number of hydrogen-bond acceptors (Lipinski definition) is 3. The van der Waals surface area contributed by atoms with Gasteiger partial charge in [0.05, 0.1) is 12.0 Å². The van der Waals surface area contributed by atoms with E-state index >= 15 is 0 Å². The minimum absolute atomic E-state index is 0.0628. The Labute approximate surface area is 101 Å². The summed E-state index contributed by atoms with van der Waals surface area (Å²) in [4.78, 5) is 11.9. The van der Waals surface area contributed by atoms with Crippen LogP contribution in [0.4, 0.5) is 0 Å². The minimum atomic E-state index is -0.928. The summed E-state index contributed by atoms with van der Waals surface area (Å²) in [6.07, 6.45) is 5.52. The highest BCUT2D eigenvalue weighted by Gasteiger charge is 2.34. The number of amides is 1. The molecule has 0 saturated carbocycles. The summed E-state index contributed by atoms with van der Waals surface area (Å²) in [7, 11) is 0. The molecule has 0 aromatic carbocycles. The van der Waals surface area contributed by atoms with Gasteiger partial charge in [-0.1, -0.05) is 12.2 Å². The Morgan fingerprint density at radius 1 is 1.62 bits per heavy atom. The highest BCUT2D eigenvalue weighted by Crippen LogP contribution is 2.19. The number of aliphatic hydroxyl groups is 1. The van der Waals surface area contributed by atoms with Crippen molar-refractivity contribution in [2.45, 2.75) is 31.8 Å². The first-order valence-electron chi connectivity index (χ1n) is 5.42. The van der Waals surface area contributed by atoms with Crippen molar-refractivity contribution in [1.29, 1.82) is 0 Å². The fourth-order valence-corrected chi connectivity index (χ4v) is 1.72. The summed E-state index contributed by atoms with van der Waals surface area (Å²) in [5.74, 6) is -0.145. The van der Waals surface area contributed by atoms with Crippen LogP contribution in [0.25, 0.3) is 0 Å². The molecule has 1 amide bonds. The third kappa shape index (κ3) is 2.97. The third-order valence-corrected chi connectivity index (χ3v) is 3.58. The van der Waals surface area contributed by atoms with E-state index in [0.29, 0.717) is 0 Å². The van der Waals surface area contributed by atoms with Crippen LogP contribution in [-0.4, -0.2) is 35.6 Å². The van der Waals surface area contributed by atoms with E-state index in [1.54, 1.807) is 6.92 Å². The monoisotopic (exact) mass is 246 g/mol. The summed E-state index contributed by atoms with van der Waals surface area (Å²) < 4.78 is 0. The number of alkyl halides is 1. The largest absolute Gasteiger partial charge is 0.395 e. The summed E-state index contributed by atoms with van der Waals surface area (Å²) in [5.41, 5.74) is 4.96. The predicted molar refractivity (Wildman–Crippen MR) is 64.2 cm³/mol. The lowest BCUT2D eigenvalue weighted by atomic mass is 9.90. The average molecular weight is 247 g/mol. The molecule has 3 atom stereocenters. The van der Waals surface area contributed by atoms with Crippen molar-refractivity contribution in [2.75, 3.05) is 12.5 Å². The number of carbonyl (C=O) groups is 1. The molecule has 5 heteroatoms. The molecular formula is C11H19ClN2O2. The second-order valence-electron chi connectivity index (χ2n) is 4.54. The SMILES string of the molecule is CC(CO)(CCl)C(=O)N[C@@H]1CC=CC[C@H]1N. The first-order chi connectivity index (χ1) is 7.53. The lowest BCUT2D eigenvalue weighted by Crippen LogP contribution is -2.53. The summed E-state index contributed by atoms with van der Waals surface area (Å²) in [6.45, 7) is 1.37. The number of nitrogens with two attached hydrogens (primary N) is 1. The Balaban J connectivity index is 2.59. The molecule has 1 aliphatic carbocycles. The molecule has 0 fully saturated rings. The van der Waals surface area contributed by atoms with Crippen LogP contribution in [0.5, 0.6) is 0 Å². The Morgan fingerprint density at radius 2 is 2.25 bits per heavy atom. The van der Waals surface area contributed by atoms with Gasteiger partial charge in [0.2, 0.25) is 5.91 Å². The van der Waals surface area contributed by atoms with Crippen LogP contribution >= 0.6 is 11.6 Å². The van der Waals surface area contributed by atoms with Crippen molar-refractivity contribution in [3.8, 4) is 0 Å². The number of rotatable bonds is 4. The first-order valence-corrected chi connectivity index (χ1v) is 5.95. The van der Waals surface area contributed by atoms with E-state index in [4.69, 9.17) is 22.4 Å². The Hall–Kier alpha value is -0.580. The molecule has 0 heterocycles. The van der Waals surface area contributed by atoms with Crippen LogP contribution in [0.3, 0.4) is 0 Å². The molecule has 1 unspecified atom stereocenters. The van der Waals surface area contributed by atoms with Gasteiger partial charge in [0.1, 0.15) is 0 Å². The van der Waals surface area contributed by atoms with Crippen molar-refractivity contribution in [2.24, 2.45) is 11.1 Å². The molecule has 0 bridgehead atoms. The van der Waals surface area contributed by atoms with Gasteiger partial charge in [-0.2, -0.15) is 0 Å². The second kappa shape index (κ2) is 5.66. The topological polar surface area (TPSA) is 75.3 Å². The van der Waals surface area contributed by atoms with Crippen molar-refractivity contribution in [1.82, 2.24) is 5.32 Å². The van der Waals surface area contributed by atoms with Crippen LogP contribution < -0.4 is 11.1 Å². The number of nitrogens with one attached hydrogen (secondary N) is 1. The standard InChI is InChI=1S/C11H19ClN2O2/c1-11(6-12,7-15)10(16)14-9-5-3-2-4-8(9)13/h2-3,8-9,15H,4-7,13H2,1H3,(H,14,16)/t8-,9-,11?/m1/s1. The minimum Gasteiger partial charge on any atom is -0.395 e. The zero-order valence-corrected chi connectivity index (χ0v) is 10.2. The van der Waals surface area contributed by atoms with E-state index < -0.39 is 5.41 Å². The van der Waals surface area contributed by atoms with E-state index in [9.17, 15) is 4.79 Å². The van der Waals surface area contributed by atoms with Gasteiger partial charge in [-0.25, -0.2) is 0 Å². The molecule has 4 nitrogen and oxygen atoms in total. The van der Waals surface area contributed by atoms with Gasteiger partial charge in [-0.3, -0.25) is 4.79 Å². The molecule has 92 valence electrons. The van der Waals surface area contributed by atoms with Crippen LogP contribution in [0.15, 0.2) is 12.2 Å². The predicted octanol–water partition coefficient (Wildman–Crippen LogP) is 0.386. The number of halogens is 1. The van der Waals surface area contributed by atoms with Crippen LogP contribution in [0, 0.1) is 5.41 Å². The zero-order chi connectivity index (χ0) is 12.2. The van der Waals surface area contributed by atoms with E-state index in [0.717, 1.165) is 12.8 Å². The number of carbonyl (C=O) groups excluding carboxylic acids is 1. The lowest BCUT2D eigenvalue weighted by Gasteiger charge is -2.31. The van der Waals surface area contributed by atoms with Gasteiger partial charge in [0.15, 0.2) is 0 Å². The Bertz CT molecular complexity index is 277. The second-order valence-corrected chi connectivity index (χ2v) is 4.81. The van der Waals surface area contributed by atoms with Gasteiger partial charge in [0.25, 0.3) is 0 Å². The van der Waals surface area contributed by atoms with Crippen molar-refractivity contribution < 1.29 is 9.90 Å². The molecule has 1 aliphatic rings. The lowest BCUT2D eigenvalue weighted by molar-refractivity contribution is -0.131. The quantitative estimate of drug-likeness (QED) is 0.496. The smallest absolute Gasteiger partial charge is 0.229 e. The third-order valence-electron chi connectivity index (χ3n) is 2.99. The van der Waals surface area contributed by atoms with Crippen molar-refractivity contribution in [3.05, 3.63) is 12.2 Å². The van der Waals surface area contributed by atoms with Gasteiger partial charge < -0.3 is 16.2 Å². The fourth-order valence-electron chi connectivity index (χ4n) is 1.52. The van der Waals surface area contributed by atoms with E-state index in [2.05, 4.69) is 5.32 Å². The van der Waals surface area contributed by atoms with E-state index in [1.807, 2.05) is 12.2 Å². The Morgan fingerprint density at radius 3 is 2.75 bits per heavy atom. The van der Waals surface area contributed by atoms with Crippen molar-refractivity contribution >= 4 is 17.5 Å². The molecule has 4 N–H and O–H groups in total. The number of hydrogen-bond donors (Lipinski definition) is 3. The fraction of sp³-hybridized carbons (Fsp3) is 0.727. The van der Waals surface area contributed by atoms with Gasteiger partial charge in [0, 0.05) is 18.0 Å². The number of aliphatic hydroxyl groups excluding tert-OH is 1. The maximum Gasteiger partial charge on any atom is 0.229 e. The molecule has 0 aromatic rings. The molecule has 1 rings (SSSR count). The molecule has 16 heavy (non-hydrogen) atoms. The van der Waals surface area contributed by atoms with Crippen LogP contribution in [0.1, 0.15) is 19.8 Å². The molecule has 0 spiro atoms. The highest BCUT2D eigenvalue weighted by molar-refractivity contribution is 6.20. The maximum absolute atomic E-state index is 11.9. The van der Waals surface area contributed by atoms with Crippen LogP contribution in [-0.2, 0) is 4.79 Å². The summed E-state index contributed by atoms with van der Waals surface area (Å²) in [5, 5.41) is 12.0. The average Bonchev–Trinajstić information content (AvgIpc) is 2.31.